The van der Waals surface area contributed by atoms with Gasteiger partial charge in [0, 0.05) is 17.7 Å². The first-order valence-electron chi connectivity index (χ1n) is 8.17. The summed E-state index contributed by atoms with van der Waals surface area (Å²) in [5, 5.41) is 12.6. The van der Waals surface area contributed by atoms with Gasteiger partial charge in [-0.05, 0) is 50.7 Å². The average Bonchev–Trinajstić information content (AvgIpc) is 3.39. The van der Waals surface area contributed by atoms with E-state index in [9.17, 15) is 14.7 Å². The maximum atomic E-state index is 11.6. The number of aromatic nitrogens is 1. The van der Waals surface area contributed by atoms with Crippen molar-refractivity contribution < 1.29 is 19.4 Å². The van der Waals surface area contributed by atoms with Gasteiger partial charge in [-0.25, -0.2) is 9.78 Å². The normalized spacial score (nSPS) is 24.0. The van der Waals surface area contributed by atoms with Crippen LogP contribution >= 0.6 is 0 Å². The van der Waals surface area contributed by atoms with Gasteiger partial charge in [0.2, 0.25) is 0 Å². The summed E-state index contributed by atoms with van der Waals surface area (Å²) in [6.07, 6.45) is 5.40. The Kier molecular flexibility index (Phi) is 4.50. The molecule has 0 radical (unpaired) electrons. The molecular formula is C17H22N2O4. The quantitative estimate of drug-likeness (QED) is 0.812. The summed E-state index contributed by atoms with van der Waals surface area (Å²) < 4.78 is 4.79. The summed E-state index contributed by atoms with van der Waals surface area (Å²) in [7, 11) is 1.42. The van der Waals surface area contributed by atoms with Gasteiger partial charge in [-0.3, -0.25) is 4.79 Å². The second kappa shape index (κ2) is 6.56. The number of carbonyl (C=O) groups is 2. The number of carboxylic acid groups (broad SMARTS) is 1. The lowest BCUT2D eigenvalue weighted by atomic mass is 9.86. The van der Waals surface area contributed by atoms with Crippen molar-refractivity contribution in [3.8, 4) is 0 Å². The van der Waals surface area contributed by atoms with Crippen LogP contribution in [-0.4, -0.2) is 35.2 Å². The Labute approximate surface area is 135 Å². The van der Waals surface area contributed by atoms with E-state index in [1.165, 1.54) is 7.11 Å². The molecule has 0 spiro atoms. The fourth-order valence-corrected chi connectivity index (χ4v) is 3.20. The molecule has 0 unspecified atom stereocenters. The minimum atomic E-state index is -0.967. The zero-order chi connectivity index (χ0) is 16.4. The second-order valence-electron chi connectivity index (χ2n) is 6.43. The van der Waals surface area contributed by atoms with Crippen LogP contribution in [0.4, 0.5) is 5.82 Å². The molecule has 124 valence electrons. The molecule has 2 fully saturated rings. The molecule has 2 saturated carbocycles. The molecule has 1 aromatic rings. The van der Waals surface area contributed by atoms with E-state index in [0.717, 1.165) is 44.2 Å². The molecule has 6 heteroatoms. The first-order valence-corrected chi connectivity index (χ1v) is 8.17. The molecule has 23 heavy (non-hydrogen) atoms. The van der Waals surface area contributed by atoms with Crippen molar-refractivity contribution in [1.82, 2.24) is 4.98 Å². The third-order valence-corrected chi connectivity index (χ3v) is 4.75. The number of rotatable bonds is 5. The Morgan fingerprint density at radius 2 is 1.87 bits per heavy atom. The summed E-state index contributed by atoms with van der Waals surface area (Å²) in [4.78, 5) is 27.5. The minimum absolute atomic E-state index is 0.0391. The number of aromatic carboxylic acids is 1. The van der Waals surface area contributed by atoms with Crippen LogP contribution in [0, 0.1) is 5.92 Å². The molecule has 0 saturated heterocycles. The largest absolute Gasteiger partial charge is 0.478 e. The zero-order valence-corrected chi connectivity index (χ0v) is 13.2. The Balaban J connectivity index is 1.68. The number of carboxylic acids is 1. The van der Waals surface area contributed by atoms with Gasteiger partial charge in [-0.1, -0.05) is 0 Å². The maximum Gasteiger partial charge on any atom is 0.339 e. The third-order valence-electron chi connectivity index (χ3n) is 4.75. The number of hydrogen-bond donors (Lipinski definition) is 2. The topological polar surface area (TPSA) is 88.5 Å². The summed E-state index contributed by atoms with van der Waals surface area (Å²) in [6.45, 7) is 0. The van der Waals surface area contributed by atoms with Gasteiger partial charge in [0.1, 0.15) is 11.4 Å². The monoisotopic (exact) mass is 318 g/mol. The van der Waals surface area contributed by atoms with Gasteiger partial charge in [0.05, 0.1) is 13.0 Å². The number of nitrogens with zero attached hydrogens (tertiary/aromatic N) is 1. The molecule has 2 N–H and O–H groups in total. The number of anilines is 1. The number of pyridine rings is 1. The SMILES string of the molecule is COC(=O)C1CCC(Nc2nc(C3CC3)ccc2C(=O)O)CC1. The summed E-state index contributed by atoms with van der Waals surface area (Å²) >= 11 is 0. The number of carbonyl (C=O) groups excluding carboxylic acids is 1. The molecule has 0 aromatic carbocycles. The summed E-state index contributed by atoms with van der Waals surface area (Å²) in [5.41, 5.74) is 1.19. The van der Waals surface area contributed by atoms with E-state index in [2.05, 4.69) is 10.3 Å². The fourth-order valence-electron chi connectivity index (χ4n) is 3.20. The molecule has 1 aromatic heterocycles. The van der Waals surface area contributed by atoms with Crippen LogP contribution in [0.25, 0.3) is 0 Å². The van der Waals surface area contributed by atoms with E-state index in [1.807, 2.05) is 6.07 Å². The molecule has 2 aliphatic rings. The number of hydrogen-bond acceptors (Lipinski definition) is 5. The molecule has 6 nitrogen and oxygen atoms in total. The van der Waals surface area contributed by atoms with Gasteiger partial charge >= 0.3 is 11.9 Å². The van der Waals surface area contributed by atoms with Crippen molar-refractivity contribution in [2.75, 3.05) is 12.4 Å². The summed E-state index contributed by atoms with van der Waals surface area (Å²) in [5.74, 6) is -0.214. The van der Waals surface area contributed by atoms with Crippen molar-refractivity contribution in [3.05, 3.63) is 23.4 Å². The lowest BCUT2D eigenvalue weighted by Crippen LogP contribution is -2.30. The molecule has 1 heterocycles. The number of ether oxygens (including phenoxy) is 1. The number of methoxy groups -OCH3 is 1. The lowest BCUT2D eigenvalue weighted by molar-refractivity contribution is -0.146. The molecule has 0 bridgehead atoms. The molecule has 2 aliphatic carbocycles. The number of nitrogens with one attached hydrogen (secondary N) is 1. The van der Waals surface area contributed by atoms with Crippen molar-refractivity contribution in [1.29, 1.82) is 0 Å². The van der Waals surface area contributed by atoms with Gasteiger partial charge in [-0.2, -0.15) is 0 Å². The highest BCUT2D eigenvalue weighted by molar-refractivity contribution is 5.93. The number of esters is 1. The minimum Gasteiger partial charge on any atom is -0.478 e. The van der Waals surface area contributed by atoms with E-state index in [-0.39, 0.29) is 23.5 Å². The van der Waals surface area contributed by atoms with E-state index in [0.29, 0.717) is 11.7 Å². The van der Waals surface area contributed by atoms with Crippen LogP contribution in [-0.2, 0) is 9.53 Å². The Hall–Kier alpha value is -2.11. The van der Waals surface area contributed by atoms with Crippen LogP contribution < -0.4 is 5.32 Å². The van der Waals surface area contributed by atoms with Crippen LogP contribution in [0.5, 0.6) is 0 Å². The van der Waals surface area contributed by atoms with Crippen LogP contribution in [0.15, 0.2) is 12.1 Å². The van der Waals surface area contributed by atoms with Gasteiger partial charge in [-0.15, -0.1) is 0 Å². The van der Waals surface area contributed by atoms with Crippen LogP contribution in [0.1, 0.15) is 60.5 Å². The predicted molar refractivity (Wildman–Crippen MR) is 84.6 cm³/mol. The van der Waals surface area contributed by atoms with Crippen molar-refractivity contribution in [3.63, 3.8) is 0 Å². The van der Waals surface area contributed by atoms with E-state index in [1.54, 1.807) is 6.07 Å². The smallest absolute Gasteiger partial charge is 0.339 e. The maximum absolute atomic E-state index is 11.6. The Bertz CT molecular complexity index is 605. The highest BCUT2D eigenvalue weighted by atomic mass is 16.5. The van der Waals surface area contributed by atoms with Crippen molar-refractivity contribution in [2.45, 2.75) is 50.5 Å². The standard InChI is InChI=1S/C17H22N2O4/c1-23-17(22)11-4-6-12(7-5-11)18-15-13(16(20)21)8-9-14(19-15)10-2-3-10/h8-12H,2-7H2,1H3,(H,18,19)(H,20,21). The van der Waals surface area contributed by atoms with Gasteiger partial charge < -0.3 is 15.2 Å². The van der Waals surface area contributed by atoms with Crippen molar-refractivity contribution >= 4 is 17.8 Å². The zero-order valence-electron chi connectivity index (χ0n) is 13.2. The second-order valence-corrected chi connectivity index (χ2v) is 6.43. The lowest BCUT2D eigenvalue weighted by Gasteiger charge is -2.28. The van der Waals surface area contributed by atoms with Gasteiger partial charge in [0.25, 0.3) is 0 Å². The van der Waals surface area contributed by atoms with Crippen LogP contribution in [0.2, 0.25) is 0 Å². The highest BCUT2D eigenvalue weighted by Crippen LogP contribution is 2.40. The molecule has 0 atom stereocenters. The fraction of sp³-hybridized carbons (Fsp3) is 0.588. The van der Waals surface area contributed by atoms with Crippen molar-refractivity contribution in [2.24, 2.45) is 5.92 Å². The Morgan fingerprint density at radius 1 is 1.17 bits per heavy atom. The van der Waals surface area contributed by atoms with Crippen LogP contribution in [0.3, 0.4) is 0 Å². The first-order chi connectivity index (χ1) is 11.1. The van der Waals surface area contributed by atoms with E-state index < -0.39 is 5.97 Å². The first kappa shape index (κ1) is 15.8. The molecular weight excluding hydrogens is 296 g/mol. The molecule has 3 rings (SSSR count). The van der Waals surface area contributed by atoms with E-state index >= 15 is 0 Å². The average molecular weight is 318 g/mol. The molecule has 0 aliphatic heterocycles. The van der Waals surface area contributed by atoms with Gasteiger partial charge in [0.15, 0.2) is 0 Å². The van der Waals surface area contributed by atoms with E-state index in [4.69, 9.17) is 4.74 Å². The highest BCUT2D eigenvalue weighted by Gasteiger charge is 2.29. The Morgan fingerprint density at radius 3 is 2.43 bits per heavy atom. The predicted octanol–water partition coefficient (Wildman–Crippen LogP) is 2.80. The third kappa shape index (κ3) is 3.63. The summed E-state index contributed by atoms with van der Waals surface area (Å²) in [6, 6.07) is 3.61. The molecule has 0 amide bonds.